The Morgan fingerprint density at radius 3 is 3.00 bits per heavy atom. The van der Waals surface area contributed by atoms with Gasteiger partial charge < -0.3 is 9.47 Å². The summed E-state index contributed by atoms with van der Waals surface area (Å²) in [6.07, 6.45) is 4.06. The molecule has 3 heterocycles. The van der Waals surface area contributed by atoms with E-state index in [1.807, 2.05) is 6.92 Å². The van der Waals surface area contributed by atoms with Gasteiger partial charge in [-0.15, -0.1) is 0 Å². The van der Waals surface area contributed by atoms with Crippen LogP contribution in [-0.4, -0.2) is 59.0 Å². The van der Waals surface area contributed by atoms with Crippen LogP contribution >= 0.6 is 0 Å². The molecule has 3 rings (SSSR count). The standard InChI is InChI=1S/C13H22N4O2/c1-10-14-13(16-15-10)12-9-17(5-7-19-12)8-11-4-2-3-6-18-11/h11-12H,2-9H2,1H3,(H,14,15,16)/t11-,12-/m1/s1. The number of nitrogens with zero attached hydrogens (tertiary/aromatic N) is 3. The van der Waals surface area contributed by atoms with Crippen LogP contribution < -0.4 is 0 Å². The number of aromatic amines is 1. The average molecular weight is 266 g/mol. The number of nitrogens with one attached hydrogen (secondary N) is 1. The number of hydrogen-bond acceptors (Lipinski definition) is 5. The third-order valence-corrected chi connectivity index (χ3v) is 3.79. The van der Waals surface area contributed by atoms with Crippen molar-refractivity contribution in [2.45, 2.75) is 38.4 Å². The highest BCUT2D eigenvalue weighted by molar-refractivity contribution is 4.95. The van der Waals surface area contributed by atoms with Gasteiger partial charge in [-0.1, -0.05) is 0 Å². The average Bonchev–Trinajstić information content (AvgIpc) is 2.87. The molecule has 2 aliphatic heterocycles. The first kappa shape index (κ1) is 13.0. The van der Waals surface area contributed by atoms with Gasteiger partial charge in [-0.2, -0.15) is 5.10 Å². The summed E-state index contributed by atoms with van der Waals surface area (Å²) in [4.78, 5) is 6.78. The van der Waals surface area contributed by atoms with E-state index in [9.17, 15) is 0 Å². The van der Waals surface area contributed by atoms with E-state index in [0.717, 1.165) is 44.5 Å². The van der Waals surface area contributed by atoms with Crippen molar-refractivity contribution < 1.29 is 9.47 Å². The maximum atomic E-state index is 5.81. The van der Waals surface area contributed by atoms with Crippen molar-refractivity contribution in [3.05, 3.63) is 11.6 Å². The lowest BCUT2D eigenvalue weighted by molar-refractivity contribution is -0.0636. The molecule has 2 atom stereocenters. The van der Waals surface area contributed by atoms with E-state index in [2.05, 4.69) is 20.1 Å². The Bertz CT molecular complexity index is 403. The predicted molar refractivity (Wildman–Crippen MR) is 69.8 cm³/mol. The number of rotatable bonds is 3. The van der Waals surface area contributed by atoms with Crippen LogP contribution in [0.25, 0.3) is 0 Å². The molecule has 106 valence electrons. The zero-order chi connectivity index (χ0) is 13.1. The Hall–Kier alpha value is -0.980. The molecular formula is C13H22N4O2. The molecule has 0 amide bonds. The van der Waals surface area contributed by atoms with Crippen LogP contribution in [0.2, 0.25) is 0 Å². The van der Waals surface area contributed by atoms with Gasteiger partial charge in [0.1, 0.15) is 11.9 Å². The molecule has 0 aliphatic carbocycles. The quantitative estimate of drug-likeness (QED) is 0.886. The maximum Gasteiger partial charge on any atom is 0.180 e. The van der Waals surface area contributed by atoms with Gasteiger partial charge in [-0.05, 0) is 26.2 Å². The fraction of sp³-hybridized carbons (Fsp3) is 0.846. The second-order valence-electron chi connectivity index (χ2n) is 5.39. The summed E-state index contributed by atoms with van der Waals surface area (Å²) < 4.78 is 11.6. The molecule has 6 heteroatoms. The number of aromatic nitrogens is 3. The molecule has 2 fully saturated rings. The van der Waals surface area contributed by atoms with E-state index in [4.69, 9.17) is 9.47 Å². The highest BCUT2D eigenvalue weighted by atomic mass is 16.5. The Morgan fingerprint density at radius 2 is 2.26 bits per heavy atom. The van der Waals surface area contributed by atoms with Crippen LogP contribution in [0, 0.1) is 6.92 Å². The summed E-state index contributed by atoms with van der Waals surface area (Å²) in [7, 11) is 0. The molecule has 2 aliphatic rings. The van der Waals surface area contributed by atoms with E-state index in [1.54, 1.807) is 0 Å². The third-order valence-electron chi connectivity index (χ3n) is 3.79. The monoisotopic (exact) mass is 266 g/mol. The second kappa shape index (κ2) is 5.98. The number of aryl methyl sites for hydroxylation is 1. The molecule has 0 saturated carbocycles. The lowest BCUT2D eigenvalue weighted by atomic mass is 10.1. The first-order chi connectivity index (χ1) is 9.31. The number of H-pyrrole nitrogens is 1. The Balaban J connectivity index is 1.55. The molecule has 0 aromatic carbocycles. The molecule has 6 nitrogen and oxygen atoms in total. The van der Waals surface area contributed by atoms with Crippen LogP contribution in [0.15, 0.2) is 0 Å². The van der Waals surface area contributed by atoms with E-state index < -0.39 is 0 Å². The molecule has 0 bridgehead atoms. The van der Waals surface area contributed by atoms with Crippen molar-refractivity contribution in [3.63, 3.8) is 0 Å². The van der Waals surface area contributed by atoms with Crippen molar-refractivity contribution in [2.24, 2.45) is 0 Å². The summed E-state index contributed by atoms with van der Waals surface area (Å²) >= 11 is 0. The van der Waals surface area contributed by atoms with Gasteiger partial charge in [0.15, 0.2) is 5.82 Å². The summed E-state index contributed by atoms with van der Waals surface area (Å²) in [6.45, 7) is 6.40. The summed E-state index contributed by atoms with van der Waals surface area (Å²) in [5.41, 5.74) is 0. The normalized spacial score (nSPS) is 29.5. The molecular weight excluding hydrogens is 244 g/mol. The topological polar surface area (TPSA) is 63.3 Å². The minimum absolute atomic E-state index is 0.0118. The van der Waals surface area contributed by atoms with Crippen LogP contribution in [0.1, 0.15) is 37.0 Å². The molecule has 1 aromatic heterocycles. The lowest BCUT2D eigenvalue weighted by Crippen LogP contribution is -2.43. The van der Waals surface area contributed by atoms with Crippen molar-refractivity contribution in [1.29, 1.82) is 0 Å². The van der Waals surface area contributed by atoms with Gasteiger partial charge in [0, 0.05) is 26.2 Å². The van der Waals surface area contributed by atoms with E-state index in [0.29, 0.717) is 6.10 Å². The van der Waals surface area contributed by atoms with Crippen molar-refractivity contribution >= 4 is 0 Å². The smallest absolute Gasteiger partial charge is 0.180 e. The summed E-state index contributed by atoms with van der Waals surface area (Å²) in [6, 6.07) is 0. The van der Waals surface area contributed by atoms with E-state index >= 15 is 0 Å². The van der Waals surface area contributed by atoms with Crippen molar-refractivity contribution in [1.82, 2.24) is 20.1 Å². The first-order valence-corrected chi connectivity index (χ1v) is 7.16. The van der Waals surface area contributed by atoms with E-state index in [-0.39, 0.29) is 6.10 Å². The van der Waals surface area contributed by atoms with Crippen LogP contribution in [0.3, 0.4) is 0 Å². The van der Waals surface area contributed by atoms with Crippen molar-refractivity contribution in [2.75, 3.05) is 32.8 Å². The Morgan fingerprint density at radius 1 is 1.32 bits per heavy atom. The van der Waals surface area contributed by atoms with Gasteiger partial charge in [-0.25, -0.2) is 4.98 Å². The Kier molecular flexibility index (Phi) is 4.10. The maximum absolute atomic E-state index is 5.81. The molecule has 2 saturated heterocycles. The SMILES string of the molecule is Cc1nc([C@H]2CN(C[C@H]3CCCCO3)CCO2)n[nH]1. The molecule has 0 spiro atoms. The van der Waals surface area contributed by atoms with Gasteiger partial charge in [0.05, 0.1) is 12.7 Å². The molecule has 19 heavy (non-hydrogen) atoms. The number of ether oxygens (including phenoxy) is 2. The molecule has 1 N–H and O–H groups in total. The zero-order valence-electron chi connectivity index (χ0n) is 11.5. The van der Waals surface area contributed by atoms with Gasteiger partial charge in [0.25, 0.3) is 0 Å². The van der Waals surface area contributed by atoms with Gasteiger partial charge in [0.2, 0.25) is 0 Å². The highest BCUT2D eigenvalue weighted by Crippen LogP contribution is 2.21. The number of morpholine rings is 1. The van der Waals surface area contributed by atoms with E-state index in [1.165, 1.54) is 19.3 Å². The van der Waals surface area contributed by atoms with Crippen LogP contribution in [0.5, 0.6) is 0 Å². The minimum atomic E-state index is -0.0118. The largest absolute Gasteiger partial charge is 0.377 e. The van der Waals surface area contributed by atoms with Crippen molar-refractivity contribution in [3.8, 4) is 0 Å². The molecule has 0 unspecified atom stereocenters. The van der Waals surface area contributed by atoms with Gasteiger partial charge >= 0.3 is 0 Å². The zero-order valence-corrected chi connectivity index (χ0v) is 11.5. The Labute approximate surface area is 113 Å². The first-order valence-electron chi connectivity index (χ1n) is 7.16. The van der Waals surface area contributed by atoms with Gasteiger partial charge in [-0.3, -0.25) is 10.00 Å². The van der Waals surface area contributed by atoms with Crippen LogP contribution in [0.4, 0.5) is 0 Å². The lowest BCUT2D eigenvalue weighted by Gasteiger charge is -2.35. The van der Waals surface area contributed by atoms with Crippen LogP contribution in [-0.2, 0) is 9.47 Å². The fourth-order valence-electron chi connectivity index (χ4n) is 2.77. The second-order valence-corrected chi connectivity index (χ2v) is 5.39. The summed E-state index contributed by atoms with van der Waals surface area (Å²) in [5.74, 6) is 1.61. The molecule has 0 radical (unpaired) electrons. The fourth-order valence-corrected chi connectivity index (χ4v) is 2.77. The molecule has 1 aromatic rings. The predicted octanol–water partition coefficient (Wildman–Crippen LogP) is 1.06. The third kappa shape index (κ3) is 3.32. The summed E-state index contributed by atoms with van der Waals surface area (Å²) in [5, 5.41) is 7.08. The number of hydrogen-bond donors (Lipinski definition) is 1. The minimum Gasteiger partial charge on any atom is -0.377 e. The highest BCUT2D eigenvalue weighted by Gasteiger charge is 2.27.